The van der Waals surface area contributed by atoms with Crippen LogP contribution in [0, 0.1) is 0 Å². The molecule has 1 unspecified atom stereocenters. The number of carbonyl (C=O) groups excluding carboxylic acids is 4. The molecule has 0 saturated heterocycles. The maximum absolute atomic E-state index is 13.1. The van der Waals surface area contributed by atoms with Gasteiger partial charge in [-0.2, -0.15) is 0 Å². The molecule has 3 aromatic carbocycles. The van der Waals surface area contributed by atoms with Gasteiger partial charge >= 0.3 is 0 Å². The molecule has 0 radical (unpaired) electrons. The Hall–Kier alpha value is -3.16. The molecule has 0 amide bonds. The van der Waals surface area contributed by atoms with Crippen molar-refractivity contribution in [3.63, 3.8) is 0 Å². The summed E-state index contributed by atoms with van der Waals surface area (Å²) in [4.78, 5) is 57.6. The monoisotopic (exact) mass is 498 g/mol. The number of hydrogen-bond donors (Lipinski definition) is 0. The van der Waals surface area contributed by atoms with Crippen molar-refractivity contribution in [2.45, 2.75) is 10.3 Å². The van der Waals surface area contributed by atoms with Crippen LogP contribution in [0.15, 0.2) is 91.0 Å². The largest absolute Gasteiger partial charge is 0.289 e. The van der Waals surface area contributed by atoms with E-state index in [2.05, 4.69) is 0 Å². The zero-order valence-electron chi connectivity index (χ0n) is 17.9. The molecule has 0 aliphatic heterocycles. The van der Waals surface area contributed by atoms with Gasteiger partial charge in [0.15, 0.2) is 4.87 Å². The molecular formula is C26H20Cl2O6. The van der Waals surface area contributed by atoms with Gasteiger partial charge in [0.2, 0.25) is 23.1 Å². The van der Waals surface area contributed by atoms with Gasteiger partial charge in [-0.1, -0.05) is 103 Å². The molecule has 0 aliphatic carbocycles. The first-order chi connectivity index (χ1) is 16.4. The normalized spacial score (nSPS) is 12.1. The predicted octanol–water partition coefficient (Wildman–Crippen LogP) is 4.37. The summed E-state index contributed by atoms with van der Waals surface area (Å²) in [6.45, 7) is -1.56. The lowest BCUT2D eigenvalue weighted by molar-refractivity contribution is -0.282. The van der Waals surface area contributed by atoms with Crippen LogP contribution < -0.4 is 0 Å². The first-order valence-electron chi connectivity index (χ1n) is 10.2. The molecule has 0 bridgehead atoms. The maximum Gasteiger partial charge on any atom is 0.230 e. The van der Waals surface area contributed by atoms with Crippen LogP contribution in [0.1, 0.15) is 22.1 Å². The third-order valence-electron chi connectivity index (χ3n) is 4.97. The second-order valence-corrected chi connectivity index (χ2v) is 8.23. The van der Waals surface area contributed by atoms with Crippen LogP contribution in [0.4, 0.5) is 0 Å². The standard InChI is InChI=1S/C26H20Cl2O6/c27-23(18-10-4-1-5-11-18)24(31)21(29)16-33-34-17-22(30)25(32)26(28,19-12-6-2-7-13-19)20-14-8-3-9-15-20/h1-15,23H,16-17H2. The van der Waals surface area contributed by atoms with E-state index in [9.17, 15) is 19.2 Å². The van der Waals surface area contributed by atoms with Gasteiger partial charge in [0.25, 0.3) is 0 Å². The van der Waals surface area contributed by atoms with Gasteiger partial charge in [0.1, 0.15) is 18.6 Å². The van der Waals surface area contributed by atoms with E-state index < -0.39 is 46.6 Å². The minimum absolute atomic E-state index is 0.414. The van der Waals surface area contributed by atoms with Crippen LogP contribution in [0.5, 0.6) is 0 Å². The van der Waals surface area contributed by atoms with Gasteiger partial charge in [-0.15, -0.1) is 11.6 Å². The van der Waals surface area contributed by atoms with Crippen molar-refractivity contribution in [2.24, 2.45) is 0 Å². The lowest BCUT2D eigenvalue weighted by Gasteiger charge is -2.26. The molecule has 0 N–H and O–H groups in total. The molecule has 3 aromatic rings. The SMILES string of the molecule is O=C(COOCC(=O)C(=O)C(Cl)(c1ccccc1)c1ccccc1)C(=O)C(Cl)c1ccccc1. The summed E-state index contributed by atoms with van der Waals surface area (Å²) in [6, 6.07) is 25.2. The van der Waals surface area contributed by atoms with Crippen molar-refractivity contribution < 1.29 is 29.0 Å². The van der Waals surface area contributed by atoms with E-state index >= 15 is 0 Å². The van der Waals surface area contributed by atoms with E-state index in [0.717, 1.165) is 0 Å². The Balaban J connectivity index is 1.60. The summed E-state index contributed by atoms with van der Waals surface area (Å²) in [5.41, 5.74) is 1.29. The maximum atomic E-state index is 13.1. The number of ketones is 4. The van der Waals surface area contributed by atoms with Gasteiger partial charge in [-0.25, -0.2) is 9.78 Å². The van der Waals surface area contributed by atoms with Crippen molar-refractivity contribution in [3.8, 4) is 0 Å². The van der Waals surface area contributed by atoms with Crippen LogP contribution in [0.2, 0.25) is 0 Å². The second kappa shape index (κ2) is 11.8. The van der Waals surface area contributed by atoms with Crippen molar-refractivity contribution in [1.29, 1.82) is 0 Å². The highest BCUT2D eigenvalue weighted by molar-refractivity contribution is 6.54. The molecular weight excluding hydrogens is 479 g/mol. The first-order valence-corrected chi connectivity index (χ1v) is 11.0. The average molecular weight is 499 g/mol. The number of rotatable bonds is 12. The summed E-state index contributed by atoms with van der Waals surface area (Å²) in [7, 11) is 0. The summed E-state index contributed by atoms with van der Waals surface area (Å²) in [6.07, 6.45) is 0. The van der Waals surface area contributed by atoms with Crippen LogP contribution in [0.25, 0.3) is 0 Å². The van der Waals surface area contributed by atoms with E-state index in [1.54, 1.807) is 91.0 Å². The van der Waals surface area contributed by atoms with Crippen molar-refractivity contribution in [3.05, 3.63) is 108 Å². The Morgan fingerprint density at radius 3 is 1.56 bits per heavy atom. The van der Waals surface area contributed by atoms with Gasteiger partial charge in [-0.3, -0.25) is 19.2 Å². The Bertz CT molecular complexity index is 1110. The van der Waals surface area contributed by atoms with Gasteiger partial charge in [-0.05, 0) is 16.7 Å². The predicted molar refractivity (Wildman–Crippen MR) is 126 cm³/mol. The van der Waals surface area contributed by atoms with E-state index in [1.807, 2.05) is 0 Å². The zero-order valence-corrected chi connectivity index (χ0v) is 19.4. The van der Waals surface area contributed by atoms with Crippen LogP contribution in [-0.2, 0) is 33.8 Å². The minimum Gasteiger partial charge on any atom is -0.289 e. The number of hydrogen-bond acceptors (Lipinski definition) is 6. The first kappa shape index (κ1) is 25.5. The third-order valence-corrected chi connectivity index (χ3v) is 6.03. The zero-order chi connectivity index (χ0) is 24.6. The topological polar surface area (TPSA) is 86.7 Å². The van der Waals surface area contributed by atoms with Crippen molar-refractivity contribution in [2.75, 3.05) is 13.2 Å². The van der Waals surface area contributed by atoms with Gasteiger partial charge < -0.3 is 0 Å². The summed E-state index contributed by atoms with van der Waals surface area (Å²) in [5.74, 6) is -3.72. The molecule has 174 valence electrons. The van der Waals surface area contributed by atoms with Crippen LogP contribution in [-0.4, -0.2) is 36.3 Å². The fourth-order valence-corrected chi connectivity index (χ4v) is 3.82. The quantitative estimate of drug-likeness (QED) is 0.121. The number of alkyl halides is 2. The minimum atomic E-state index is -1.77. The number of carbonyl (C=O) groups is 4. The molecule has 1 atom stereocenters. The highest BCUT2D eigenvalue weighted by Crippen LogP contribution is 2.38. The molecule has 0 saturated carbocycles. The Morgan fingerprint density at radius 1 is 0.676 bits per heavy atom. The van der Waals surface area contributed by atoms with Gasteiger partial charge in [0.05, 0.1) is 0 Å². The van der Waals surface area contributed by atoms with Gasteiger partial charge in [0, 0.05) is 0 Å². The molecule has 6 nitrogen and oxygen atoms in total. The van der Waals surface area contributed by atoms with E-state index in [-0.39, 0.29) is 0 Å². The molecule has 0 spiro atoms. The smallest absolute Gasteiger partial charge is 0.230 e. The summed E-state index contributed by atoms with van der Waals surface area (Å²) in [5, 5.41) is -1.17. The summed E-state index contributed by atoms with van der Waals surface area (Å²) >= 11 is 12.8. The fraction of sp³-hybridized carbons (Fsp3) is 0.154. The molecule has 8 heteroatoms. The highest BCUT2D eigenvalue weighted by Gasteiger charge is 2.43. The molecule has 3 rings (SSSR count). The average Bonchev–Trinajstić information content (AvgIpc) is 2.90. The number of benzene rings is 3. The molecule has 0 aromatic heterocycles. The molecule has 0 heterocycles. The lowest BCUT2D eigenvalue weighted by Crippen LogP contribution is -2.38. The van der Waals surface area contributed by atoms with E-state index in [0.29, 0.717) is 16.7 Å². The number of Topliss-reactive ketones (excluding diaryl/α,β-unsaturated/α-hetero) is 4. The second-order valence-electron chi connectivity index (χ2n) is 7.23. The van der Waals surface area contributed by atoms with Crippen LogP contribution >= 0.6 is 23.2 Å². The Labute approximate surface area is 206 Å². The molecule has 0 aliphatic rings. The molecule has 0 fully saturated rings. The third kappa shape index (κ3) is 5.85. The van der Waals surface area contributed by atoms with Crippen LogP contribution in [0.3, 0.4) is 0 Å². The van der Waals surface area contributed by atoms with E-state index in [1.165, 1.54) is 0 Å². The van der Waals surface area contributed by atoms with Crippen molar-refractivity contribution >= 4 is 46.3 Å². The van der Waals surface area contributed by atoms with E-state index in [4.69, 9.17) is 33.0 Å². The molecule has 34 heavy (non-hydrogen) atoms. The van der Waals surface area contributed by atoms with Crippen molar-refractivity contribution in [1.82, 2.24) is 0 Å². The fourth-order valence-electron chi connectivity index (χ4n) is 3.20. The lowest BCUT2D eigenvalue weighted by atomic mass is 9.85. The Kier molecular flexibility index (Phi) is 8.85. The number of halogens is 2. The highest BCUT2D eigenvalue weighted by atomic mass is 35.5. The Morgan fingerprint density at radius 2 is 1.09 bits per heavy atom. The summed E-state index contributed by atoms with van der Waals surface area (Å²) < 4.78 is 0.